The zero-order valence-corrected chi connectivity index (χ0v) is 10.3. The van der Waals surface area contributed by atoms with Crippen molar-refractivity contribution in [1.82, 2.24) is 9.80 Å². The minimum absolute atomic E-state index is 0.0136. The van der Waals surface area contributed by atoms with Gasteiger partial charge in [0.05, 0.1) is 0 Å². The molecule has 96 valence electrons. The molecule has 2 amide bonds. The van der Waals surface area contributed by atoms with E-state index >= 15 is 0 Å². The molecule has 1 aliphatic heterocycles. The molecule has 1 saturated heterocycles. The molecule has 1 fully saturated rings. The first-order valence-electron chi connectivity index (χ1n) is 5.95. The lowest BCUT2D eigenvalue weighted by atomic mass is 10.1. The van der Waals surface area contributed by atoms with Gasteiger partial charge < -0.3 is 14.9 Å². The third-order valence-electron chi connectivity index (χ3n) is 3.02. The SMILES string of the molecule is C=CCN(CC)C(=O)N1CCC(CC(=O)O)C1. The van der Waals surface area contributed by atoms with Crippen LogP contribution in [0.3, 0.4) is 0 Å². The van der Waals surface area contributed by atoms with E-state index < -0.39 is 5.97 Å². The molecule has 0 aromatic carbocycles. The molecule has 0 aliphatic carbocycles. The molecule has 17 heavy (non-hydrogen) atoms. The number of carboxylic acids is 1. The second kappa shape index (κ2) is 6.27. The molecule has 1 atom stereocenters. The number of aliphatic carboxylic acids is 1. The maximum absolute atomic E-state index is 12.1. The van der Waals surface area contributed by atoms with Crippen molar-refractivity contribution in [3.63, 3.8) is 0 Å². The molecule has 5 heteroatoms. The average Bonchev–Trinajstić information content (AvgIpc) is 2.72. The van der Waals surface area contributed by atoms with E-state index in [0.717, 1.165) is 6.42 Å². The lowest BCUT2D eigenvalue weighted by Gasteiger charge is -2.26. The quantitative estimate of drug-likeness (QED) is 0.739. The van der Waals surface area contributed by atoms with Crippen molar-refractivity contribution >= 4 is 12.0 Å². The number of rotatable bonds is 5. The van der Waals surface area contributed by atoms with E-state index in [1.165, 1.54) is 0 Å². The van der Waals surface area contributed by atoms with E-state index in [-0.39, 0.29) is 18.4 Å². The van der Waals surface area contributed by atoms with Gasteiger partial charge in [-0.25, -0.2) is 4.79 Å². The second-order valence-corrected chi connectivity index (χ2v) is 4.31. The van der Waals surface area contributed by atoms with Crippen LogP contribution in [0.25, 0.3) is 0 Å². The Hall–Kier alpha value is -1.52. The Bertz CT molecular complexity index is 304. The number of hydrogen-bond donors (Lipinski definition) is 1. The molecule has 1 unspecified atom stereocenters. The highest BCUT2D eigenvalue weighted by Gasteiger charge is 2.29. The first-order chi connectivity index (χ1) is 8.08. The number of amides is 2. The van der Waals surface area contributed by atoms with Gasteiger partial charge >= 0.3 is 12.0 Å². The lowest BCUT2D eigenvalue weighted by Crippen LogP contribution is -2.42. The van der Waals surface area contributed by atoms with Crippen LogP contribution in [0, 0.1) is 5.92 Å². The summed E-state index contributed by atoms with van der Waals surface area (Å²) >= 11 is 0. The predicted octanol–water partition coefficient (Wildman–Crippen LogP) is 1.41. The molecular weight excluding hydrogens is 220 g/mol. The molecule has 1 rings (SSSR count). The molecule has 0 saturated carbocycles. The zero-order chi connectivity index (χ0) is 12.8. The summed E-state index contributed by atoms with van der Waals surface area (Å²) in [6, 6.07) is -0.0136. The van der Waals surface area contributed by atoms with Crippen LogP contribution in [0.5, 0.6) is 0 Å². The second-order valence-electron chi connectivity index (χ2n) is 4.31. The Balaban J connectivity index is 2.49. The molecule has 0 bridgehead atoms. The standard InChI is InChI=1S/C12H20N2O3/c1-3-6-13(4-2)12(17)14-7-5-10(9-14)8-11(15)16/h3,10H,1,4-9H2,2H3,(H,15,16). The molecule has 5 nitrogen and oxygen atoms in total. The van der Waals surface area contributed by atoms with Crippen molar-refractivity contribution in [1.29, 1.82) is 0 Å². The minimum atomic E-state index is -0.789. The van der Waals surface area contributed by atoms with Crippen LogP contribution in [-0.4, -0.2) is 53.1 Å². The number of carbonyl (C=O) groups excluding carboxylic acids is 1. The molecule has 1 heterocycles. The monoisotopic (exact) mass is 240 g/mol. The first-order valence-corrected chi connectivity index (χ1v) is 5.95. The normalized spacial score (nSPS) is 19.1. The summed E-state index contributed by atoms with van der Waals surface area (Å²) < 4.78 is 0. The van der Waals surface area contributed by atoms with E-state index in [4.69, 9.17) is 5.11 Å². The van der Waals surface area contributed by atoms with E-state index in [2.05, 4.69) is 6.58 Å². The Morgan fingerprint density at radius 1 is 1.59 bits per heavy atom. The van der Waals surface area contributed by atoms with Gasteiger partial charge in [0.25, 0.3) is 0 Å². The van der Waals surface area contributed by atoms with Gasteiger partial charge in [-0.3, -0.25) is 4.79 Å². The Morgan fingerprint density at radius 2 is 2.29 bits per heavy atom. The summed E-state index contributed by atoms with van der Waals surface area (Å²) in [5.74, 6) is -0.693. The fraction of sp³-hybridized carbons (Fsp3) is 0.667. The fourth-order valence-corrected chi connectivity index (χ4v) is 2.12. The summed E-state index contributed by atoms with van der Waals surface area (Å²) in [5, 5.41) is 8.71. The van der Waals surface area contributed by atoms with Crippen LogP contribution >= 0.6 is 0 Å². The van der Waals surface area contributed by atoms with Crippen molar-refractivity contribution in [3.8, 4) is 0 Å². The summed E-state index contributed by atoms with van der Waals surface area (Å²) in [5.41, 5.74) is 0. The topological polar surface area (TPSA) is 60.9 Å². The van der Waals surface area contributed by atoms with Gasteiger partial charge in [0, 0.05) is 32.6 Å². The minimum Gasteiger partial charge on any atom is -0.481 e. The Kier molecular flexibility index (Phi) is 5.00. The van der Waals surface area contributed by atoms with Gasteiger partial charge in [0.15, 0.2) is 0 Å². The van der Waals surface area contributed by atoms with Crippen LogP contribution in [0.15, 0.2) is 12.7 Å². The highest BCUT2D eigenvalue weighted by molar-refractivity contribution is 5.75. The van der Waals surface area contributed by atoms with Crippen LogP contribution in [0.1, 0.15) is 19.8 Å². The summed E-state index contributed by atoms with van der Waals surface area (Å²) in [4.78, 5) is 26.1. The Labute approximate surface area is 102 Å². The number of urea groups is 1. The molecular formula is C12H20N2O3. The van der Waals surface area contributed by atoms with Gasteiger partial charge in [0.1, 0.15) is 0 Å². The lowest BCUT2D eigenvalue weighted by molar-refractivity contribution is -0.138. The largest absolute Gasteiger partial charge is 0.481 e. The number of likely N-dealkylation sites (tertiary alicyclic amines) is 1. The van der Waals surface area contributed by atoms with Crippen LogP contribution in [-0.2, 0) is 4.79 Å². The fourth-order valence-electron chi connectivity index (χ4n) is 2.12. The highest BCUT2D eigenvalue weighted by atomic mass is 16.4. The number of hydrogen-bond acceptors (Lipinski definition) is 2. The molecule has 1 N–H and O–H groups in total. The van der Waals surface area contributed by atoms with Crippen LogP contribution in [0.4, 0.5) is 4.79 Å². The molecule has 0 radical (unpaired) electrons. The summed E-state index contributed by atoms with van der Waals surface area (Å²) in [7, 11) is 0. The van der Waals surface area contributed by atoms with Crippen molar-refractivity contribution in [2.45, 2.75) is 19.8 Å². The first kappa shape index (κ1) is 13.5. The van der Waals surface area contributed by atoms with Crippen molar-refractivity contribution < 1.29 is 14.7 Å². The van der Waals surface area contributed by atoms with Crippen molar-refractivity contribution in [2.75, 3.05) is 26.2 Å². The maximum atomic E-state index is 12.1. The number of nitrogens with zero attached hydrogens (tertiary/aromatic N) is 2. The van der Waals surface area contributed by atoms with Gasteiger partial charge in [-0.15, -0.1) is 6.58 Å². The van der Waals surface area contributed by atoms with E-state index in [0.29, 0.717) is 26.2 Å². The van der Waals surface area contributed by atoms with E-state index in [9.17, 15) is 9.59 Å². The van der Waals surface area contributed by atoms with E-state index in [1.807, 2.05) is 6.92 Å². The smallest absolute Gasteiger partial charge is 0.320 e. The van der Waals surface area contributed by atoms with Crippen LogP contribution < -0.4 is 0 Å². The van der Waals surface area contributed by atoms with Gasteiger partial charge in [-0.1, -0.05) is 6.08 Å². The third-order valence-corrected chi connectivity index (χ3v) is 3.02. The van der Waals surface area contributed by atoms with Crippen molar-refractivity contribution in [2.24, 2.45) is 5.92 Å². The average molecular weight is 240 g/mol. The third kappa shape index (κ3) is 3.76. The number of carboxylic acid groups (broad SMARTS) is 1. The van der Waals surface area contributed by atoms with E-state index in [1.54, 1.807) is 15.9 Å². The Morgan fingerprint density at radius 3 is 2.82 bits per heavy atom. The van der Waals surface area contributed by atoms with Gasteiger partial charge in [-0.2, -0.15) is 0 Å². The molecule has 0 spiro atoms. The summed E-state index contributed by atoms with van der Waals surface area (Å²) in [6.45, 7) is 7.94. The number of carbonyl (C=O) groups is 2. The molecule has 0 aromatic rings. The van der Waals surface area contributed by atoms with Crippen molar-refractivity contribution in [3.05, 3.63) is 12.7 Å². The van der Waals surface area contributed by atoms with Gasteiger partial charge in [0.2, 0.25) is 0 Å². The molecule has 1 aliphatic rings. The molecule has 0 aromatic heterocycles. The number of likely N-dealkylation sites (N-methyl/N-ethyl adjacent to an activating group) is 1. The summed E-state index contributed by atoms with van der Waals surface area (Å²) in [6.07, 6.45) is 2.63. The predicted molar refractivity (Wildman–Crippen MR) is 64.8 cm³/mol. The van der Waals surface area contributed by atoms with Gasteiger partial charge in [-0.05, 0) is 19.3 Å². The maximum Gasteiger partial charge on any atom is 0.320 e. The zero-order valence-electron chi connectivity index (χ0n) is 10.3. The van der Waals surface area contributed by atoms with Crippen LogP contribution in [0.2, 0.25) is 0 Å². The highest BCUT2D eigenvalue weighted by Crippen LogP contribution is 2.20.